The molecule has 0 bridgehead atoms. The number of carbonyl (C=O) groups is 2. The summed E-state index contributed by atoms with van der Waals surface area (Å²) < 4.78 is 1.79. The van der Waals surface area contributed by atoms with Crippen LogP contribution >= 0.6 is 0 Å². The van der Waals surface area contributed by atoms with E-state index in [1.807, 2.05) is 18.0 Å². The molecule has 0 aliphatic carbocycles. The molecule has 0 aromatic carbocycles. The van der Waals surface area contributed by atoms with Gasteiger partial charge < -0.3 is 10.6 Å². The van der Waals surface area contributed by atoms with E-state index in [9.17, 15) is 9.59 Å². The Morgan fingerprint density at radius 2 is 2.29 bits per heavy atom. The summed E-state index contributed by atoms with van der Waals surface area (Å²) in [7, 11) is 0. The number of carbonyl (C=O) groups excluding carboxylic acids is 2. The number of primary amides is 1. The minimum atomic E-state index is -0.546. The van der Waals surface area contributed by atoms with Crippen molar-refractivity contribution in [2.75, 3.05) is 13.1 Å². The monoisotopic (exact) mass is 330 g/mol. The molecule has 0 saturated carbocycles. The van der Waals surface area contributed by atoms with E-state index in [0.29, 0.717) is 19.5 Å². The molecule has 8 heteroatoms. The molecule has 24 heavy (non-hydrogen) atoms. The third-order valence-electron chi connectivity index (χ3n) is 4.38. The summed E-state index contributed by atoms with van der Waals surface area (Å²) in [6, 6.07) is 1.69. The molecule has 8 nitrogen and oxygen atoms in total. The quantitative estimate of drug-likeness (QED) is 0.845. The van der Waals surface area contributed by atoms with Crippen LogP contribution in [0, 0.1) is 6.92 Å². The number of nitrogens with two attached hydrogens (primary N) is 1. The Morgan fingerprint density at radius 3 is 2.96 bits per heavy atom. The Morgan fingerprint density at radius 1 is 1.46 bits per heavy atom. The van der Waals surface area contributed by atoms with E-state index in [0.717, 1.165) is 30.6 Å². The topological polar surface area (TPSA) is 110 Å². The van der Waals surface area contributed by atoms with E-state index in [1.165, 1.54) is 0 Å². The number of piperidine rings is 1. The summed E-state index contributed by atoms with van der Waals surface area (Å²) in [6.07, 6.45) is 6.05. The average molecular weight is 330 g/mol. The second kappa shape index (κ2) is 6.86. The number of aryl methyl sites for hydroxylation is 2. The highest BCUT2D eigenvalue weighted by Gasteiger charge is 2.26. The first-order chi connectivity index (χ1) is 11.5. The lowest BCUT2D eigenvalue weighted by Crippen LogP contribution is -2.39. The first-order valence-corrected chi connectivity index (χ1v) is 8.15. The maximum atomic E-state index is 12.5. The number of aromatic amines is 1. The Balaban J connectivity index is 1.57. The molecule has 0 radical (unpaired) electrons. The number of aromatic nitrogens is 4. The van der Waals surface area contributed by atoms with Crippen LogP contribution in [0.25, 0.3) is 0 Å². The zero-order valence-corrected chi connectivity index (χ0v) is 13.7. The number of nitrogens with zero attached hydrogens (tertiary/aromatic N) is 4. The standard InChI is InChI=1S/C16H22N6O2/c1-11-8-18-22(9-11)6-4-15(23)21-5-2-3-12(10-21)13-7-14(16(17)24)20-19-13/h7-9,12H,2-6,10H2,1H3,(H2,17,24)(H,19,20)/t12-/m0/s1. The number of H-pyrrole nitrogens is 1. The van der Waals surface area contributed by atoms with Crippen LogP contribution in [0.5, 0.6) is 0 Å². The van der Waals surface area contributed by atoms with Crippen LogP contribution in [0.15, 0.2) is 18.5 Å². The van der Waals surface area contributed by atoms with Crippen molar-refractivity contribution < 1.29 is 9.59 Å². The van der Waals surface area contributed by atoms with Gasteiger partial charge in [0.25, 0.3) is 5.91 Å². The van der Waals surface area contributed by atoms with E-state index in [-0.39, 0.29) is 17.5 Å². The molecular weight excluding hydrogens is 308 g/mol. The van der Waals surface area contributed by atoms with Crippen LogP contribution in [0.1, 0.15) is 46.9 Å². The number of hydrogen-bond acceptors (Lipinski definition) is 4. The van der Waals surface area contributed by atoms with Crippen molar-refractivity contribution in [3.63, 3.8) is 0 Å². The molecule has 0 spiro atoms. The molecule has 0 unspecified atom stereocenters. The SMILES string of the molecule is Cc1cnn(CCC(=O)N2CCC[C@H](c3cc(C(N)=O)n[nH]3)C2)c1. The predicted molar refractivity (Wildman–Crippen MR) is 87.2 cm³/mol. The third-order valence-corrected chi connectivity index (χ3v) is 4.38. The van der Waals surface area contributed by atoms with Crippen molar-refractivity contribution in [1.82, 2.24) is 24.9 Å². The fraction of sp³-hybridized carbons (Fsp3) is 0.500. The van der Waals surface area contributed by atoms with Gasteiger partial charge in [-0.1, -0.05) is 0 Å². The molecule has 128 valence electrons. The summed E-state index contributed by atoms with van der Waals surface area (Å²) in [5, 5.41) is 11.0. The van der Waals surface area contributed by atoms with Gasteiger partial charge in [-0.05, 0) is 31.4 Å². The Labute approximate surface area is 140 Å². The summed E-state index contributed by atoms with van der Waals surface area (Å²) in [6.45, 7) is 3.97. The van der Waals surface area contributed by atoms with E-state index in [1.54, 1.807) is 16.9 Å². The third kappa shape index (κ3) is 3.64. The highest BCUT2D eigenvalue weighted by Crippen LogP contribution is 2.26. The van der Waals surface area contributed by atoms with Crippen molar-refractivity contribution in [2.45, 2.75) is 38.6 Å². The summed E-state index contributed by atoms with van der Waals surface area (Å²) in [5.41, 5.74) is 7.43. The van der Waals surface area contributed by atoms with Gasteiger partial charge in [-0.25, -0.2) is 0 Å². The molecule has 1 aliphatic rings. The summed E-state index contributed by atoms with van der Waals surface area (Å²) in [4.78, 5) is 25.5. The van der Waals surface area contributed by atoms with Gasteiger partial charge in [0.05, 0.1) is 6.20 Å². The average Bonchev–Trinajstić information content (AvgIpc) is 3.22. The van der Waals surface area contributed by atoms with Gasteiger partial charge in [0.1, 0.15) is 5.69 Å². The highest BCUT2D eigenvalue weighted by molar-refractivity contribution is 5.90. The van der Waals surface area contributed by atoms with Crippen molar-refractivity contribution >= 4 is 11.8 Å². The molecule has 3 heterocycles. The van der Waals surface area contributed by atoms with Crippen LogP contribution in [-0.4, -0.2) is 49.8 Å². The van der Waals surface area contributed by atoms with E-state index in [4.69, 9.17) is 5.73 Å². The van der Waals surface area contributed by atoms with Crippen molar-refractivity contribution in [3.05, 3.63) is 35.4 Å². The zero-order chi connectivity index (χ0) is 17.1. The van der Waals surface area contributed by atoms with E-state index < -0.39 is 5.91 Å². The molecule has 1 saturated heterocycles. The normalized spacial score (nSPS) is 17.9. The second-order valence-corrected chi connectivity index (χ2v) is 6.28. The van der Waals surface area contributed by atoms with E-state index >= 15 is 0 Å². The second-order valence-electron chi connectivity index (χ2n) is 6.28. The highest BCUT2D eigenvalue weighted by atomic mass is 16.2. The first-order valence-electron chi connectivity index (χ1n) is 8.15. The van der Waals surface area contributed by atoms with Crippen LogP contribution in [0.3, 0.4) is 0 Å². The van der Waals surface area contributed by atoms with Gasteiger partial charge in [0, 0.05) is 43.9 Å². The number of hydrogen-bond donors (Lipinski definition) is 2. The fourth-order valence-corrected chi connectivity index (χ4v) is 3.09. The van der Waals surface area contributed by atoms with Crippen LogP contribution in [-0.2, 0) is 11.3 Å². The fourth-order valence-electron chi connectivity index (χ4n) is 3.09. The largest absolute Gasteiger partial charge is 0.364 e. The van der Waals surface area contributed by atoms with Gasteiger partial charge in [-0.15, -0.1) is 0 Å². The lowest BCUT2D eigenvalue weighted by atomic mass is 9.94. The van der Waals surface area contributed by atoms with Crippen LogP contribution < -0.4 is 5.73 Å². The van der Waals surface area contributed by atoms with Gasteiger partial charge >= 0.3 is 0 Å². The smallest absolute Gasteiger partial charge is 0.269 e. The number of nitrogens with one attached hydrogen (secondary N) is 1. The predicted octanol–water partition coefficient (Wildman–Crippen LogP) is 0.810. The molecule has 1 atom stereocenters. The summed E-state index contributed by atoms with van der Waals surface area (Å²) in [5.74, 6) is -0.256. The lowest BCUT2D eigenvalue weighted by molar-refractivity contribution is -0.132. The minimum Gasteiger partial charge on any atom is -0.364 e. The number of amides is 2. The van der Waals surface area contributed by atoms with Crippen LogP contribution in [0.4, 0.5) is 0 Å². The molecule has 1 fully saturated rings. The van der Waals surface area contributed by atoms with Gasteiger partial charge in [-0.3, -0.25) is 19.4 Å². The maximum Gasteiger partial charge on any atom is 0.269 e. The van der Waals surface area contributed by atoms with E-state index in [2.05, 4.69) is 15.3 Å². The molecule has 2 amide bonds. The van der Waals surface area contributed by atoms with Gasteiger partial charge in [-0.2, -0.15) is 10.2 Å². The van der Waals surface area contributed by atoms with Crippen molar-refractivity contribution in [3.8, 4) is 0 Å². The van der Waals surface area contributed by atoms with Crippen molar-refractivity contribution in [1.29, 1.82) is 0 Å². The Bertz CT molecular complexity index is 735. The number of rotatable bonds is 5. The minimum absolute atomic E-state index is 0.127. The molecule has 3 N–H and O–H groups in total. The molecule has 2 aromatic heterocycles. The van der Waals surface area contributed by atoms with Crippen molar-refractivity contribution in [2.24, 2.45) is 5.73 Å². The van der Waals surface area contributed by atoms with Gasteiger partial charge in [0.15, 0.2) is 0 Å². The Kier molecular flexibility index (Phi) is 4.64. The molecule has 1 aliphatic heterocycles. The Hall–Kier alpha value is -2.64. The van der Waals surface area contributed by atoms with Crippen LogP contribution in [0.2, 0.25) is 0 Å². The molecule has 3 rings (SSSR count). The first kappa shape index (κ1) is 16.2. The number of likely N-dealkylation sites (tertiary alicyclic amines) is 1. The summed E-state index contributed by atoms with van der Waals surface area (Å²) >= 11 is 0. The maximum absolute atomic E-state index is 12.5. The zero-order valence-electron chi connectivity index (χ0n) is 13.7. The lowest BCUT2D eigenvalue weighted by Gasteiger charge is -2.32. The molecular formula is C16H22N6O2. The van der Waals surface area contributed by atoms with Gasteiger partial charge in [0.2, 0.25) is 5.91 Å². The molecule has 2 aromatic rings.